The van der Waals surface area contributed by atoms with Gasteiger partial charge in [-0.1, -0.05) is 18.2 Å². The zero-order valence-electron chi connectivity index (χ0n) is 18.8. The van der Waals surface area contributed by atoms with E-state index < -0.39 is 37.1 Å². The highest BCUT2D eigenvalue weighted by atomic mass is 16.5. The normalized spacial score (nSPS) is 24.9. The predicted molar refractivity (Wildman–Crippen MR) is 121 cm³/mol. The van der Waals surface area contributed by atoms with Crippen LogP contribution in [0.15, 0.2) is 36.4 Å². The van der Waals surface area contributed by atoms with Crippen molar-refractivity contribution >= 4 is 11.8 Å². The summed E-state index contributed by atoms with van der Waals surface area (Å²) in [7, 11) is 3.04. The molecular weight excluding hydrogens is 428 g/mol. The van der Waals surface area contributed by atoms with E-state index in [4.69, 9.17) is 4.74 Å². The van der Waals surface area contributed by atoms with Crippen molar-refractivity contribution in [2.24, 2.45) is 0 Å². The Morgan fingerprint density at radius 2 is 1.42 bits per heavy atom. The van der Waals surface area contributed by atoms with Gasteiger partial charge in [-0.25, -0.2) is 0 Å². The van der Waals surface area contributed by atoms with Gasteiger partial charge in [-0.15, -0.1) is 0 Å². The van der Waals surface area contributed by atoms with Gasteiger partial charge in [-0.2, -0.15) is 0 Å². The van der Waals surface area contributed by atoms with Crippen LogP contribution in [0.4, 0.5) is 0 Å². The maximum atomic E-state index is 12.2. The van der Waals surface area contributed by atoms with E-state index in [1.165, 1.54) is 20.2 Å². The topological polar surface area (TPSA) is 148 Å². The van der Waals surface area contributed by atoms with Crippen molar-refractivity contribution in [2.45, 2.75) is 43.9 Å². The Kier molecular flexibility index (Phi) is 7.83. The minimum atomic E-state index is -1.42. The molecule has 5 unspecified atom stereocenters. The highest BCUT2D eigenvalue weighted by Crippen LogP contribution is 2.28. The second kappa shape index (κ2) is 10.4. The summed E-state index contributed by atoms with van der Waals surface area (Å²) in [6.07, 6.45) is -5.62. The molecule has 178 valence electrons. The van der Waals surface area contributed by atoms with E-state index in [1.807, 2.05) is 25.1 Å². The number of carbonyl (C=O) groups is 2. The van der Waals surface area contributed by atoms with Crippen molar-refractivity contribution in [2.75, 3.05) is 20.7 Å². The van der Waals surface area contributed by atoms with E-state index in [1.54, 1.807) is 12.1 Å². The standard InChI is InChI=1S/C24H30N2O7/c1-12-6-14(15-7-16(23(31)25-2)9-17(8-15)24(32)26-3)5-4-13(12)10-18-20(28)22(30)21(29)19(11-27)33-18/h4-9,18-22,27-30H,10-11H2,1-3H3,(H,25,31)(H,26,32). The fourth-order valence-electron chi connectivity index (χ4n) is 4.01. The lowest BCUT2D eigenvalue weighted by Crippen LogP contribution is -2.59. The maximum absolute atomic E-state index is 12.2. The van der Waals surface area contributed by atoms with Gasteiger partial charge in [0, 0.05) is 31.6 Å². The number of benzene rings is 2. The first kappa shape index (κ1) is 24.8. The first-order valence-electron chi connectivity index (χ1n) is 10.7. The summed E-state index contributed by atoms with van der Waals surface area (Å²) in [5, 5.41) is 44.8. The number of hydrogen-bond acceptors (Lipinski definition) is 7. The molecule has 1 fully saturated rings. The van der Waals surface area contributed by atoms with Crippen LogP contribution < -0.4 is 10.6 Å². The molecule has 2 aromatic rings. The molecule has 0 bridgehead atoms. The molecule has 9 heteroatoms. The van der Waals surface area contributed by atoms with Gasteiger partial charge in [0.15, 0.2) is 0 Å². The minimum Gasteiger partial charge on any atom is -0.394 e. The Balaban J connectivity index is 1.90. The molecule has 0 spiro atoms. The van der Waals surface area contributed by atoms with E-state index >= 15 is 0 Å². The molecule has 2 amide bonds. The van der Waals surface area contributed by atoms with Crippen LogP contribution in [0.25, 0.3) is 11.1 Å². The molecule has 1 aliphatic rings. The van der Waals surface area contributed by atoms with Crippen molar-refractivity contribution in [3.05, 3.63) is 58.7 Å². The van der Waals surface area contributed by atoms with Gasteiger partial charge < -0.3 is 35.8 Å². The predicted octanol–water partition coefficient (Wildman–Crippen LogP) is -0.234. The summed E-state index contributed by atoms with van der Waals surface area (Å²) in [4.78, 5) is 24.4. The molecule has 3 rings (SSSR count). The number of amides is 2. The van der Waals surface area contributed by atoms with Crippen molar-refractivity contribution < 1.29 is 34.8 Å². The summed E-state index contributed by atoms with van der Waals surface area (Å²) in [5.41, 5.74) is 3.92. The molecule has 5 atom stereocenters. The second-order valence-electron chi connectivity index (χ2n) is 8.17. The monoisotopic (exact) mass is 458 g/mol. The fourth-order valence-corrected chi connectivity index (χ4v) is 4.01. The van der Waals surface area contributed by atoms with E-state index in [0.29, 0.717) is 16.7 Å². The summed E-state index contributed by atoms with van der Waals surface area (Å²) < 4.78 is 5.61. The van der Waals surface area contributed by atoms with Gasteiger partial charge in [0.25, 0.3) is 11.8 Å². The SMILES string of the molecule is CNC(=O)c1cc(C(=O)NC)cc(-c2ccc(CC3OC(CO)C(O)C(O)C3O)c(C)c2)c1. The molecule has 6 N–H and O–H groups in total. The van der Waals surface area contributed by atoms with Gasteiger partial charge in [0.05, 0.1) is 12.7 Å². The lowest BCUT2D eigenvalue weighted by molar-refractivity contribution is -0.228. The molecule has 1 saturated heterocycles. The summed E-state index contributed by atoms with van der Waals surface area (Å²) >= 11 is 0. The van der Waals surface area contributed by atoms with E-state index in [0.717, 1.165) is 16.7 Å². The second-order valence-corrected chi connectivity index (χ2v) is 8.17. The minimum absolute atomic E-state index is 0.259. The molecule has 0 aliphatic carbocycles. The number of hydrogen-bond donors (Lipinski definition) is 6. The first-order valence-corrected chi connectivity index (χ1v) is 10.7. The molecule has 0 radical (unpaired) electrons. The van der Waals surface area contributed by atoms with E-state index in [2.05, 4.69) is 10.6 Å². The third-order valence-corrected chi connectivity index (χ3v) is 6.00. The Morgan fingerprint density at radius 3 is 1.94 bits per heavy atom. The zero-order chi connectivity index (χ0) is 24.3. The highest BCUT2D eigenvalue weighted by molar-refractivity contribution is 6.01. The van der Waals surface area contributed by atoms with Gasteiger partial charge >= 0.3 is 0 Å². The molecular formula is C24H30N2O7. The number of aliphatic hydroxyl groups excluding tert-OH is 4. The smallest absolute Gasteiger partial charge is 0.251 e. The molecule has 0 aromatic heterocycles. The quantitative estimate of drug-likeness (QED) is 0.350. The van der Waals surface area contributed by atoms with Crippen LogP contribution in [-0.2, 0) is 11.2 Å². The average Bonchev–Trinajstić information content (AvgIpc) is 2.83. The summed E-state index contributed by atoms with van der Waals surface area (Å²) in [6.45, 7) is 1.40. The number of aliphatic hydroxyl groups is 4. The van der Waals surface area contributed by atoms with Crippen LogP contribution in [-0.4, -0.2) is 83.5 Å². The van der Waals surface area contributed by atoms with Crippen LogP contribution in [0.2, 0.25) is 0 Å². The highest BCUT2D eigenvalue weighted by Gasteiger charge is 2.43. The van der Waals surface area contributed by atoms with Crippen molar-refractivity contribution in [1.82, 2.24) is 10.6 Å². The Bertz CT molecular complexity index is 990. The van der Waals surface area contributed by atoms with Gasteiger partial charge in [0.1, 0.15) is 24.4 Å². The zero-order valence-corrected chi connectivity index (χ0v) is 18.8. The molecule has 1 aliphatic heterocycles. The van der Waals surface area contributed by atoms with E-state index in [9.17, 15) is 30.0 Å². The van der Waals surface area contributed by atoms with Gasteiger partial charge in [-0.3, -0.25) is 9.59 Å². The number of nitrogens with one attached hydrogen (secondary N) is 2. The molecule has 2 aromatic carbocycles. The lowest BCUT2D eigenvalue weighted by atomic mass is 9.89. The first-order chi connectivity index (χ1) is 15.7. The van der Waals surface area contributed by atoms with Crippen LogP contribution in [0.1, 0.15) is 31.8 Å². The Morgan fingerprint density at radius 1 is 0.848 bits per heavy atom. The third kappa shape index (κ3) is 5.23. The Labute approximate surface area is 192 Å². The molecule has 33 heavy (non-hydrogen) atoms. The lowest BCUT2D eigenvalue weighted by Gasteiger charge is -2.40. The Hall–Kier alpha value is -2.82. The number of aryl methyl sites for hydroxylation is 1. The fraction of sp³-hybridized carbons (Fsp3) is 0.417. The summed E-state index contributed by atoms with van der Waals surface area (Å²) in [6, 6.07) is 10.5. The van der Waals surface area contributed by atoms with Crippen LogP contribution >= 0.6 is 0 Å². The molecule has 1 heterocycles. The largest absolute Gasteiger partial charge is 0.394 e. The number of carbonyl (C=O) groups excluding carboxylic acids is 2. The molecule has 9 nitrogen and oxygen atoms in total. The average molecular weight is 459 g/mol. The van der Waals surface area contributed by atoms with Crippen LogP contribution in [0.5, 0.6) is 0 Å². The van der Waals surface area contributed by atoms with Crippen LogP contribution in [0.3, 0.4) is 0 Å². The van der Waals surface area contributed by atoms with Crippen molar-refractivity contribution in [1.29, 1.82) is 0 Å². The van der Waals surface area contributed by atoms with Gasteiger partial charge in [0.2, 0.25) is 0 Å². The number of rotatable bonds is 6. The van der Waals surface area contributed by atoms with Gasteiger partial charge in [-0.05, 0) is 47.4 Å². The van der Waals surface area contributed by atoms with Crippen molar-refractivity contribution in [3.63, 3.8) is 0 Å². The van der Waals surface area contributed by atoms with E-state index in [-0.39, 0.29) is 18.2 Å². The maximum Gasteiger partial charge on any atom is 0.251 e. The van der Waals surface area contributed by atoms with Crippen molar-refractivity contribution in [3.8, 4) is 11.1 Å². The van der Waals surface area contributed by atoms with Crippen LogP contribution in [0, 0.1) is 6.92 Å². The third-order valence-electron chi connectivity index (χ3n) is 6.00. The molecule has 0 saturated carbocycles. The number of ether oxygens (including phenoxy) is 1. The summed E-state index contributed by atoms with van der Waals surface area (Å²) in [5.74, 6) is -0.615.